The lowest BCUT2D eigenvalue weighted by molar-refractivity contribution is 0.0960. The highest BCUT2D eigenvalue weighted by atomic mass is 32.2. The molecule has 1 amide bonds. The number of hydrogen-bond donors (Lipinski definition) is 1. The van der Waals surface area contributed by atoms with Crippen LogP contribution in [0.3, 0.4) is 0 Å². The third kappa shape index (κ3) is 3.81. The van der Waals surface area contributed by atoms with E-state index in [9.17, 15) is 13.2 Å². The number of para-hydroxylation sites is 1. The predicted octanol–water partition coefficient (Wildman–Crippen LogP) is 4.94. The number of carbonyl (C=O) groups excluding carboxylic acids is 1. The van der Waals surface area contributed by atoms with Gasteiger partial charge in [0.15, 0.2) is 0 Å². The van der Waals surface area contributed by atoms with E-state index < -0.39 is 10.0 Å². The van der Waals surface area contributed by atoms with Crippen molar-refractivity contribution in [2.45, 2.75) is 18.4 Å². The number of benzene rings is 2. The minimum atomic E-state index is -3.82. The molecule has 0 aliphatic carbocycles. The van der Waals surface area contributed by atoms with E-state index in [2.05, 4.69) is 10.3 Å². The number of amides is 1. The molecule has 6 nitrogen and oxygen atoms in total. The maximum Gasteiger partial charge on any atom is 0.264 e. The summed E-state index contributed by atoms with van der Waals surface area (Å²) in [5, 5.41) is 2.82. The molecule has 8 heteroatoms. The van der Waals surface area contributed by atoms with Crippen molar-refractivity contribution in [3.63, 3.8) is 0 Å². The lowest BCUT2D eigenvalue weighted by Crippen LogP contribution is -2.32. The summed E-state index contributed by atoms with van der Waals surface area (Å²) in [6, 6.07) is 19.8. The van der Waals surface area contributed by atoms with E-state index in [1.165, 1.54) is 15.6 Å². The zero-order valence-electron chi connectivity index (χ0n) is 17.9. The Morgan fingerprint density at radius 1 is 1.06 bits per heavy atom. The summed E-state index contributed by atoms with van der Waals surface area (Å²) in [5.41, 5.74) is 4.08. The third-order valence-electron chi connectivity index (χ3n) is 5.54. The number of sulfonamides is 1. The number of fused-ring (bicyclic) bond motifs is 3. The summed E-state index contributed by atoms with van der Waals surface area (Å²) in [6.45, 7) is 2.58. The highest BCUT2D eigenvalue weighted by Gasteiger charge is 2.33. The van der Waals surface area contributed by atoms with Gasteiger partial charge in [-0.15, -0.1) is 11.3 Å². The maximum absolute atomic E-state index is 13.7. The normalized spacial score (nSPS) is 12.7. The zero-order chi connectivity index (χ0) is 23.0. The molecule has 4 aromatic rings. The van der Waals surface area contributed by atoms with Crippen LogP contribution in [0.4, 0.5) is 5.69 Å². The minimum absolute atomic E-state index is 0.144. The second-order valence-electron chi connectivity index (χ2n) is 7.62. The molecule has 2 aromatic heterocycles. The minimum Gasteiger partial charge on any atom is -0.352 e. The number of thiophene rings is 1. The summed E-state index contributed by atoms with van der Waals surface area (Å²) < 4.78 is 28.8. The van der Waals surface area contributed by atoms with E-state index >= 15 is 0 Å². The molecule has 1 aliphatic rings. The summed E-state index contributed by atoms with van der Waals surface area (Å²) in [7, 11) is -3.82. The van der Waals surface area contributed by atoms with Crippen molar-refractivity contribution in [1.29, 1.82) is 0 Å². The first-order valence-electron chi connectivity index (χ1n) is 10.5. The van der Waals surface area contributed by atoms with Crippen molar-refractivity contribution in [1.82, 2.24) is 10.3 Å². The molecule has 0 atom stereocenters. The molecule has 0 bridgehead atoms. The first-order chi connectivity index (χ1) is 16.0. The second-order valence-corrected chi connectivity index (χ2v) is 10.5. The van der Waals surface area contributed by atoms with Crippen LogP contribution in [0.15, 0.2) is 84.0 Å². The Morgan fingerprint density at radius 3 is 2.58 bits per heavy atom. The van der Waals surface area contributed by atoms with Crippen molar-refractivity contribution in [2.24, 2.45) is 0 Å². The average molecular weight is 476 g/mol. The molecule has 0 saturated carbocycles. The second kappa shape index (κ2) is 8.46. The average Bonchev–Trinajstić information content (AvgIpc) is 3.29. The van der Waals surface area contributed by atoms with Crippen LogP contribution >= 0.6 is 11.3 Å². The van der Waals surface area contributed by atoms with Gasteiger partial charge in [-0.3, -0.25) is 14.1 Å². The maximum atomic E-state index is 13.7. The highest BCUT2D eigenvalue weighted by molar-refractivity contribution is 7.92. The van der Waals surface area contributed by atoms with Gasteiger partial charge in [-0.2, -0.15) is 0 Å². The molecule has 0 fully saturated rings. The van der Waals surface area contributed by atoms with Gasteiger partial charge in [-0.1, -0.05) is 36.4 Å². The largest absolute Gasteiger partial charge is 0.352 e. The van der Waals surface area contributed by atoms with Crippen molar-refractivity contribution < 1.29 is 13.2 Å². The molecule has 0 radical (unpaired) electrons. The van der Waals surface area contributed by atoms with Gasteiger partial charge < -0.3 is 5.32 Å². The smallest absolute Gasteiger partial charge is 0.264 e. The van der Waals surface area contributed by atoms with E-state index in [-0.39, 0.29) is 17.3 Å². The molecule has 5 rings (SSSR count). The Morgan fingerprint density at radius 2 is 1.85 bits per heavy atom. The fraction of sp³-hybridized carbons (Fsp3) is 0.120. The lowest BCUT2D eigenvalue weighted by Gasteiger charge is -2.30. The van der Waals surface area contributed by atoms with E-state index in [4.69, 9.17) is 0 Å². The highest BCUT2D eigenvalue weighted by Crippen LogP contribution is 2.45. The summed E-state index contributed by atoms with van der Waals surface area (Å²) in [5.74, 6) is -0.144. The molecule has 0 spiro atoms. The Bertz CT molecular complexity index is 1430. The molecule has 3 heterocycles. The number of carbonyl (C=O) groups is 1. The Kier molecular flexibility index (Phi) is 5.47. The molecule has 1 aliphatic heterocycles. The summed E-state index contributed by atoms with van der Waals surface area (Å²) in [6.07, 6.45) is 3.45. The van der Waals surface area contributed by atoms with Crippen molar-refractivity contribution >= 4 is 33.0 Å². The first kappa shape index (κ1) is 21.4. The Hall–Kier alpha value is -3.49. The van der Waals surface area contributed by atoms with Gasteiger partial charge >= 0.3 is 0 Å². The van der Waals surface area contributed by atoms with Crippen LogP contribution in [0.1, 0.15) is 22.2 Å². The summed E-state index contributed by atoms with van der Waals surface area (Å²) >= 11 is 1.39. The van der Waals surface area contributed by atoms with Crippen LogP contribution in [0.2, 0.25) is 0 Å². The number of aromatic nitrogens is 1. The fourth-order valence-electron chi connectivity index (χ4n) is 3.95. The van der Waals surface area contributed by atoms with Gasteiger partial charge in [0.25, 0.3) is 15.9 Å². The lowest BCUT2D eigenvalue weighted by atomic mass is 10.0. The quantitative estimate of drug-likeness (QED) is 0.444. The van der Waals surface area contributed by atoms with E-state index in [1.807, 2.05) is 43.3 Å². The molecule has 0 saturated heterocycles. The molecular formula is C25H21N3O3S2. The van der Waals surface area contributed by atoms with Crippen molar-refractivity contribution in [2.75, 3.05) is 10.8 Å². The van der Waals surface area contributed by atoms with Crippen LogP contribution < -0.4 is 9.62 Å². The number of pyridine rings is 1. The van der Waals surface area contributed by atoms with E-state index in [1.54, 1.807) is 42.7 Å². The van der Waals surface area contributed by atoms with Gasteiger partial charge in [0.05, 0.1) is 22.0 Å². The Labute approximate surface area is 196 Å². The zero-order valence-corrected chi connectivity index (χ0v) is 19.5. The number of nitrogens with one attached hydrogen (secondary N) is 1. The third-order valence-corrected chi connectivity index (χ3v) is 8.52. The van der Waals surface area contributed by atoms with Gasteiger partial charge in [0.1, 0.15) is 0 Å². The first-order valence-corrected chi connectivity index (χ1v) is 12.8. The molecule has 0 unspecified atom stereocenters. The van der Waals surface area contributed by atoms with E-state index in [0.29, 0.717) is 17.1 Å². The molecule has 33 heavy (non-hydrogen) atoms. The van der Waals surface area contributed by atoms with Gasteiger partial charge in [0, 0.05) is 29.4 Å². The van der Waals surface area contributed by atoms with Crippen LogP contribution in [0, 0.1) is 0 Å². The number of rotatable bonds is 5. The molecule has 2 aromatic carbocycles. The van der Waals surface area contributed by atoms with Gasteiger partial charge in [-0.25, -0.2) is 8.42 Å². The van der Waals surface area contributed by atoms with Crippen LogP contribution in [-0.2, 0) is 16.6 Å². The summed E-state index contributed by atoms with van der Waals surface area (Å²) in [4.78, 5) is 18.2. The standard InChI is InChI=1S/C25H21N3O3S2/c1-2-27-25(29)23-14-19-16-28(22-8-4-3-7-21(22)24(19)32-23)33(30,31)20-11-9-17(10-12-20)18-6-5-13-26-15-18/h3-15H,2,16H2,1H3,(H,27,29). The van der Waals surface area contributed by atoms with Crippen LogP contribution in [0.25, 0.3) is 21.6 Å². The number of nitrogens with zero attached hydrogens (tertiary/aromatic N) is 2. The van der Waals surface area contributed by atoms with Crippen LogP contribution in [0.5, 0.6) is 0 Å². The van der Waals surface area contributed by atoms with Gasteiger partial charge in [-0.05, 0) is 53.9 Å². The van der Waals surface area contributed by atoms with Crippen LogP contribution in [-0.4, -0.2) is 25.9 Å². The molecule has 1 N–H and O–H groups in total. The molecular weight excluding hydrogens is 454 g/mol. The fourth-order valence-corrected chi connectivity index (χ4v) is 6.54. The topological polar surface area (TPSA) is 79.4 Å². The van der Waals surface area contributed by atoms with Crippen molar-refractivity contribution in [3.8, 4) is 21.6 Å². The molecule has 166 valence electrons. The van der Waals surface area contributed by atoms with Crippen molar-refractivity contribution in [3.05, 3.63) is 89.6 Å². The monoisotopic (exact) mass is 475 g/mol. The SMILES string of the molecule is CCNC(=O)c1cc2c(s1)-c1ccccc1N(S(=O)(=O)c1ccc(-c3cccnc3)cc1)C2. The predicted molar refractivity (Wildman–Crippen MR) is 131 cm³/mol. The number of hydrogen-bond acceptors (Lipinski definition) is 5. The Balaban J connectivity index is 1.54. The number of anilines is 1. The van der Waals surface area contributed by atoms with E-state index in [0.717, 1.165) is 27.1 Å². The van der Waals surface area contributed by atoms with Gasteiger partial charge in [0.2, 0.25) is 0 Å².